The molecule has 0 amide bonds. The van der Waals surface area contributed by atoms with Gasteiger partial charge in [0.2, 0.25) is 0 Å². The first-order chi connectivity index (χ1) is 15.3. The molecule has 1 aliphatic rings. The third-order valence-corrected chi connectivity index (χ3v) is 5.49. The third-order valence-electron chi connectivity index (χ3n) is 5.13. The highest BCUT2D eigenvalue weighted by atomic mass is 32.1. The van der Waals surface area contributed by atoms with E-state index in [1.165, 1.54) is 34.1 Å². The average molecular weight is 479 g/mol. The predicted octanol–water partition coefficient (Wildman–Crippen LogP) is 5.08. The van der Waals surface area contributed by atoms with Crippen LogP contribution in [0.15, 0.2) is 48.7 Å². The highest BCUT2D eigenvalue weighted by Crippen LogP contribution is 2.43. The van der Waals surface area contributed by atoms with Crippen molar-refractivity contribution < 1.29 is 32.2 Å². The minimum atomic E-state index is -4.76. The predicted molar refractivity (Wildman–Crippen MR) is 116 cm³/mol. The number of benzene rings is 2. The molecule has 0 bridgehead atoms. The van der Waals surface area contributed by atoms with Crippen LogP contribution < -0.4 is 14.5 Å². The fraction of sp³-hybridized carbons (Fsp3) is 0.227. The summed E-state index contributed by atoms with van der Waals surface area (Å²) in [7, 11) is 0. The summed E-state index contributed by atoms with van der Waals surface area (Å²) in [6, 6.07) is 8.50. The Balaban J connectivity index is 2.03. The summed E-state index contributed by atoms with van der Waals surface area (Å²) in [4.78, 5) is 13.5. The number of ether oxygens (including phenoxy) is 1. The number of thiocarbonyl (C=S) groups is 1. The molecule has 2 aromatic rings. The maximum Gasteiger partial charge on any atom is 0.417 e. The lowest BCUT2D eigenvalue weighted by Gasteiger charge is -2.31. The lowest BCUT2D eigenvalue weighted by atomic mass is 9.99. The van der Waals surface area contributed by atoms with Gasteiger partial charge in [-0.3, -0.25) is 4.90 Å². The molecule has 0 aliphatic carbocycles. The normalized spacial score (nSPS) is 15.5. The number of anilines is 2. The first-order valence-electron chi connectivity index (χ1n) is 9.38. The van der Waals surface area contributed by atoms with Gasteiger partial charge in [0.25, 0.3) is 0 Å². The van der Waals surface area contributed by atoms with Crippen molar-refractivity contribution in [3.63, 3.8) is 0 Å². The number of aliphatic carboxylic acids is 1. The minimum Gasteiger partial charge on any atom is -0.479 e. The smallest absolute Gasteiger partial charge is 0.417 e. The largest absolute Gasteiger partial charge is 0.479 e. The first kappa shape index (κ1) is 24.0. The van der Waals surface area contributed by atoms with Gasteiger partial charge in [0, 0.05) is 23.1 Å². The Morgan fingerprint density at radius 3 is 2.42 bits per heavy atom. The number of rotatable bonds is 5. The molecule has 2 aromatic carbocycles. The summed E-state index contributed by atoms with van der Waals surface area (Å²) >= 11 is 5.52. The SMILES string of the molecule is C=C1N(c2ccc(C#N)c(C(F)(F)F)c2)C(=S)N(c2ccc(OCC(=O)O)c(F)c2)C1(C)C. The van der Waals surface area contributed by atoms with Crippen LogP contribution in [0.5, 0.6) is 5.75 Å². The van der Waals surface area contributed by atoms with E-state index in [-0.39, 0.29) is 22.2 Å². The molecule has 0 aromatic heterocycles. The summed E-state index contributed by atoms with van der Waals surface area (Å²) in [5, 5.41) is 17.8. The number of carboxylic acids is 1. The molecule has 0 saturated carbocycles. The molecule has 0 spiro atoms. The Hall–Kier alpha value is -3.65. The zero-order chi connectivity index (χ0) is 24.7. The van der Waals surface area contributed by atoms with E-state index in [4.69, 9.17) is 27.3 Å². The van der Waals surface area contributed by atoms with E-state index in [9.17, 15) is 22.4 Å². The summed E-state index contributed by atoms with van der Waals surface area (Å²) in [6.07, 6.45) is -4.76. The van der Waals surface area contributed by atoms with Crippen molar-refractivity contribution in [2.24, 2.45) is 0 Å². The molecule has 11 heteroatoms. The minimum absolute atomic E-state index is 0.0430. The van der Waals surface area contributed by atoms with Crippen molar-refractivity contribution in [3.8, 4) is 11.8 Å². The van der Waals surface area contributed by atoms with E-state index in [0.717, 1.165) is 18.2 Å². The van der Waals surface area contributed by atoms with Crippen molar-refractivity contribution in [3.05, 3.63) is 65.6 Å². The fourth-order valence-corrected chi connectivity index (χ4v) is 3.99. The Morgan fingerprint density at radius 1 is 1.24 bits per heavy atom. The van der Waals surface area contributed by atoms with E-state index in [1.54, 1.807) is 13.8 Å². The Labute approximate surface area is 191 Å². The monoisotopic (exact) mass is 479 g/mol. The zero-order valence-electron chi connectivity index (χ0n) is 17.4. The van der Waals surface area contributed by atoms with E-state index < -0.39 is 41.2 Å². The molecular formula is C22H17F4N3O3S. The second kappa shape index (κ2) is 8.37. The zero-order valence-corrected chi connectivity index (χ0v) is 18.2. The molecule has 1 aliphatic heterocycles. The van der Waals surface area contributed by atoms with Gasteiger partial charge in [-0.1, -0.05) is 6.58 Å². The Bertz CT molecular complexity index is 1200. The van der Waals surface area contributed by atoms with Gasteiger partial charge in [-0.2, -0.15) is 18.4 Å². The van der Waals surface area contributed by atoms with Gasteiger partial charge in [-0.05, 0) is 56.4 Å². The first-order valence-corrected chi connectivity index (χ1v) is 9.79. The standard InChI is InChI=1S/C22H17F4N3O3S/c1-12-21(2,3)29(15-6-7-18(17(23)9-15)32-11-19(30)31)20(33)28(12)14-5-4-13(10-27)16(8-14)22(24,25)26/h4-9H,1,11H2,2-3H3,(H,30,31). The second-order valence-corrected chi connectivity index (χ2v) is 7.96. The average Bonchev–Trinajstić information content (AvgIpc) is 2.89. The van der Waals surface area contributed by atoms with Crippen LogP contribution in [0.3, 0.4) is 0 Å². The number of carboxylic acid groups (broad SMARTS) is 1. The van der Waals surface area contributed by atoms with Crippen LogP contribution in [0.2, 0.25) is 0 Å². The van der Waals surface area contributed by atoms with Gasteiger partial charge in [0.15, 0.2) is 23.3 Å². The maximum absolute atomic E-state index is 14.5. The molecule has 6 nitrogen and oxygen atoms in total. The summed E-state index contributed by atoms with van der Waals surface area (Å²) < 4.78 is 59.8. The van der Waals surface area contributed by atoms with Crippen molar-refractivity contribution in [2.45, 2.75) is 25.6 Å². The number of halogens is 4. The molecule has 3 rings (SSSR count). The number of alkyl halides is 3. The van der Waals surface area contributed by atoms with Gasteiger partial charge >= 0.3 is 12.1 Å². The van der Waals surface area contributed by atoms with Gasteiger partial charge in [-0.25, -0.2) is 9.18 Å². The number of nitriles is 1. The van der Waals surface area contributed by atoms with E-state index in [0.29, 0.717) is 5.70 Å². The quantitative estimate of drug-likeness (QED) is 0.473. The molecule has 172 valence electrons. The topological polar surface area (TPSA) is 76.8 Å². The lowest BCUT2D eigenvalue weighted by molar-refractivity contribution is -0.139. The van der Waals surface area contributed by atoms with E-state index in [2.05, 4.69) is 6.58 Å². The number of carbonyl (C=O) groups is 1. The summed E-state index contributed by atoms with van der Waals surface area (Å²) in [6.45, 7) is 6.68. The van der Waals surface area contributed by atoms with Gasteiger partial charge < -0.3 is 14.7 Å². The van der Waals surface area contributed by atoms with Crippen LogP contribution in [0.1, 0.15) is 25.0 Å². The van der Waals surface area contributed by atoms with Gasteiger partial charge in [-0.15, -0.1) is 0 Å². The van der Waals surface area contributed by atoms with Crippen molar-refractivity contribution in [1.82, 2.24) is 0 Å². The molecule has 0 radical (unpaired) electrons. The molecule has 1 heterocycles. The molecule has 1 saturated heterocycles. The lowest BCUT2D eigenvalue weighted by Crippen LogP contribution is -2.41. The number of hydrogen-bond donors (Lipinski definition) is 1. The molecule has 1 fully saturated rings. The van der Waals surface area contributed by atoms with Crippen molar-refractivity contribution in [1.29, 1.82) is 5.26 Å². The number of nitrogens with zero attached hydrogens (tertiary/aromatic N) is 3. The molecule has 0 atom stereocenters. The van der Waals surface area contributed by atoms with Gasteiger partial charge in [0.1, 0.15) is 0 Å². The molecule has 33 heavy (non-hydrogen) atoms. The maximum atomic E-state index is 14.5. The summed E-state index contributed by atoms with van der Waals surface area (Å²) in [5.41, 5.74) is -1.96. The number of hydrogen-bond acceptors (Lipinski definition) is 4. The van der Waals surface area contributed by atoms with Crippen LogP contribution in [-0.2, 0) is 11.0 Å². The van der Waals surface area contributed by atoms with Crippen molar-refractivity contribution >= 4 is 34.7 Å². The van der Waals surface area contributed by atoms with Crippen LogP contribution in [0, 0.1) is 17.1 Å². The van der Waals surface area contributed by atoms with Crippen LogP contribution in [0.25, 0.3) is 0 Å². The molecule has 0 unspecified atom stereocenters. The van der Waals surface area contributed by atoms with Crippen LogP contribution in [-0.4, -0.2) is 28.3 Å². The van der Waals surface area contributed by atoms with Crippen LogP contribution in [0.4, 0.5) is 28.9 Å². The highest BCUT2D eigenvalue weighted by molar-refractivity contribution is 7.80. The van der Waals surface area contributed by atoms with Crippen molar-refractivity contribution in [2.75, 3.05) is 16.4 Å². The summed E-state index contributed by atoms with van der Waals surface area (Å²) in [5.74, 6) is -2.39. The second-order valence-electron chi connectivity index (χ2n) is 7.60. The van der Waals surface area contributed by atoms with E-state index in [1.807, 2.05) is 0 Å². The fourth-order valence-electron chi connectivity index (χ4n) is 3.45. The van der Waals surface area contributed by atoms with Crippen LogP contribution >= 0.6 is 12.2 Å². The molecule has 1 N–H and O–H groups in total. The third kappa shape index (κ3) is 4.34. The Kier molecular flexibility index (Phi) is 6.08. The van der Waals surface area contributed by atoms with Gasteiger partial charge in [0.05, 0.1) is 22.7 Å². The highest BCUT2D eigenvalue weighted by Gasteiger charge is 2.46. The Morgan fingerprint density at radius 2 is 1.88 bits per heavy atom. The van der Waals surface area contributed by atoms with E-state index >= 15 is 0 Å². The molecular weight excluding hydrogens is 462 g/mol.